The Balaban J connectivity index is 0.000000166. The van der Waals surface area contributed by atoms with E-state index in [1.807, 2.05) is 24.3 Å². The molecule has 0 radical (unpaired) electrons. The van der Waals surface area contributed by atoms with Crippen molar-refractivity contribution in [2.45, 2.75) is 48.8 Å². The molecule has 2 aromatic rings. The Hall–Kier alpha value is -2.58. The van der Waals surface area contributed by atoms with Crippen molar-refractivity contribution in [3.8, 4) is 11.5 Å². The lowest BCUT2D eigenvalue weighted by Crippen LogP contribution is -2.64. The molecule has 1 saturated heterocycles. The first-order valence-corrected chi connectivity index (χ1v) is 12.8. The number of nitrogens with two attached hydrogens (primary N) is 1. The van der Waals surface area contributed by atoms with Crippen molar-refractivity contribution in [1.29, 1.82) is 0 Å². The van der Waals surface area contributed by atoms with E-state index < -0.39 is 12.1 Å². The van der Waals surface area contributed by atoms with Crippen LogP contribution < -0.4 is 15.2 Å². The van der Waals surface area contributed by atoms with Crippen LogP contribution >= 0.6 is 11.6 Å². The first-order chi connectivity index (χ1) is 17.3. The molecular weight excluding hydrogens is 480 g/mol. The Kier molecular flexibility index (Phi) is 6.76. The standard InChI is InChI=1S/C18H21NO3.C10H12ClNO2/c1-19-8-7-18-11-4-5-13(20)17(18)22-16-14(21-2)6-3-10(15(16)18)9-12(11)19;11-9-3-1-7(2-4-9)8(6-12)5-10(13)14/h3-6,11-13,17,20H,7-9H2,1-2H3;1-4,8H,5-6,12H2,(H,13,14)/t11-,12+,13-,17-,18-;/m0./s1. The van der Waals surface area contributed by atoms with Gasteiger partial charge in [0.05, 0.1) is 13.5 Å². The molecule has 1 unspecified atom stereocenters. The third kappa shape index (κ3) is 3.98. The zero-order valence-corrected chi connectivity index (χ0v) is 21.3. The second kappa shape index (κ2) is 9.71. The number of aliphatic hydroxyl groups excluding tert-OH is 1. The Bertz CT molecular complexity index is 1170. The fraction of sp³-hybridized carbons (Fsp3) is 0.464. The predicted octanol–water partition coefficient (Wildman–Crippen LogP) is 3.36. The van der Waals surface area contributed by atoms with Crippen molar-refractivity contribution in [3.63, 3.8) is 0 Å². The minimum absolute atomic E-state index is 0.0537. The van der Waals surface area contributed by atoms with Crippen LogP contribution in [0.15, 0.2) is 48.6 Å². The maximum Gasteiger partial charge on any atom is 0.304 e. The number of aliphatic carboxylic acids is 1. The number of carboxylic acid groups (broad SMARTS) is 1. The summed E-state index contributed by atoms with van der Waals surface area (Å²) in [5.74, 6) is 1.12. The van der Waals surface area contributed by atoms with Crippen molar-refractivity contribution in [2.75, 3.05) is 27.2 Å². The summed E-state index contributed by atoms with van der Waals surface area (Å²) in [6, 6.07) is 11.8. The second-order valence-corrected chi connectivity index (χ2v) is 10.6. The van der Waals surface area contributed by atoms with E-state index in [9.17, 15) is 9.90 Å². The van der Waals surface area contributed by atoms with E-state index in [0.717, 1.165) is 36.4 Å². The number of benzene rings is 2. The molecule has 2 heterocycles. The number of methoxy groups -OCH3 is 1. The van der Waals surface area contributed by atoms with Gasteiger partial charge in [0, 0.05) is 33.9 Å². The van der Waals surface area contributed by atoms with E-state index in [1.165, 1.54) is 11.1 Å². The summed E-state index contributed by atoms with van der Waals surface area (Å²) in [6.07, 6.45) is 5.59. The number of aliphatic hydroxyl groups is 1. The Morgan fingerprint density at radius 1 is 1.28 bits per heavy atom. The molecule has 2 aliphatic carbocycles. The van der Waals surface area contributed by atoms with Gasteiger partial charge in [0.15, 0.2) is 11.5 Å². The van der Waals surface area contributed by atoms with Crippen molar-refractivity contribution < 1.29 is 24.5 Å². The third-order valence-corrected chi connectivity index (χ3v) is 8.65. The number of carbonyl (C=O) groups is 1. The smallest absolute Gasteiger partial charge is 0.304 e. The molecule has 0 amide bonds. The fourth-order valence-corrected chi connectivity index (χ4v) is 6.80. The Morgan fingerprint density at radius 2 is 2.03 bits per heavy atom. The van der Waals surface area contributed by atoms with E-state index in [1.54, 1.807) is 19.2 Å². The first-order valence-electron chi connectivity index (χ1n) is 12.4. The molecule has 2 bridgehead atoms. The van der Waals surface area contributed by atoms with E-state index in [0.29, 0.717) is 23.5 Å². The van der Waals surface area contributed by atoms with Crippen LogP contribution in [-0.2, 0) is 16.6 Å². The van der Waals surface area contributed by atoms with Crippen molar-refractivity contribution >= 4 is 17.6 Å². The Labute approximate surface area is 216 Å². The second-order valence-electron chi connectivity index (χ2n) is 10.2. The molecule has 6 atom stereocenters. The molecule has 192 valence electrons. The monoisotopic (exact) mass is 512 g/mol. The lowest BCUT2D eigenvalue weighted by molar-refractivity contribution is -0.137. The highest BCUT2D eigenvalue weighted by Crippen LogP contribution is 2.62. The Morgan fingerprint density at radius 3 is 2.69 bits per heavy atom. The highest BCUT2D eigenvalue weighted by molar-refractivity contribution is 6.30. The van der Waals surface area contributed by atoms with Gasteiger partial charge in [-0.25, -0.2) is 0 Å². The zero-order valence-electron chi connectivity index (χ0n) is 20.6. The van der Waals surface area contributed by atoms with Crippen LogP contribution in [0.3, 0.4) is 0 Å². The molecule has 6 rings (SSSR count). The van der Waals surface area contributed by atoms with Crippen molar-refractivity contribution in [2.24, 2.45) is 11.7 Å². The van der Waals surface area contributed by atoms with Crippen LogP contribution in [0, 0.1) is 5.92 Å². The molecule has 2 aromatic carbocycles. The van der Waals surface area contributed by atoms with E-state index in [4.69, 9.17) is 31.9 Å². The molecule has 8 heteroatoms. The number of hydrogen-bond donors (Lipinski definition) is 3. The van der Waals surface area contributed by atoms with Crippen LogP contribution in [-0.4, -0.2) is 66.6 Å². The maximum absolute atomic E-state index is 10.6. The average molecular weight is 513 g/mol. The van der Waals surface area contributed by atoms with Gasteiger partial charge in [-0.2, -0.15) is 0 Å². The van der Waals surface area contributed by atoms with Crippen LogP contribution in [0.4, 0.5) is 0 Å². The number of rotatable bonds is 5. The number of hydrogen-bond acceptors (Lipinski definition) is 6. The quantitative estimate of drug-likeness (QED) is 0.527. The molecular formula is C28H33ClN2O5. The number of carboxylic acids is 1. The summed E-state index contributed by atoms with van der Waals surface area (Å²) in [6.45, 7) is 1.38. The molecule has 0 saturated carbocycles. The minimum Gasteiger partial charge on any atom is -0.493 e. The molecule has 4 N–H and O–H groups in total. The van der Waals surface area contributed by atoms with Gasteiger partial charge in [-0.05, 0) is 62.3 Å². The lowest BCUT2D eigenvalue weighted by Gasteiger charge is -2.56. The number of ether oxygens (including phenoxy) is 2. The van der Waals surface area contributed by atoms with E-state index >= 15 is 0 Å². The number of halogens is 1. The maximum atomic E-state index is 10.6. The summed E-state index contributed by atoms with van der Waals surface area (Å²) in [4.78, 5) is 13.0. The largest absolute Gasteiger partial charge is 0.493 e. The number of likely N-dealkylation sites (tertiary alicyclic amines) is 1. The zero-order chi connectivity index (χ0) is 25.6. The third-order valence-electron chi connectivity index (χ3n) is 8.40. The van der Waals surface area contributed by atoms with Crippen LogP contribution in [0.1, 0.15) is 35.4 Å². The molecule has 2 aliphatic heterocycles. The summed E-state index contributed by atoms with van der Waals surface area (Å²) in [5, 5.41) is 19.8. The number of piperidine rings is 1. The number of likely N-dealkylation sites (N-methyl/N-ethyl adjacent to an activating group) is 1. The van der Waals surface area contributed by atoms with Crippen LogP contribution in [0.2, 0.25) is 5.02 Å². The highest BCUT2D eigenvalue weighted by atomic mass is 35.5. The van der Waals surface area contributed by atoms with Gasteiger partial charge in [-0.1, -0.05) is 42.0 Å². The van der Waals surface area contributed by atoms with Gasteiger partial charge >= 0.3 is 5.97 Å². The lowest BCUT2D eigenvalue weighted by atomic mass is 9.53. The van der Waals surface area contributed by atoms with Gasteiger partial charge < -0.3 is 30.3 Å². The molecule has 0 aromatic heterocycles. The molecule has 36 heavy (non-hydrogen) atoms. The molecule has 1 spiro atoms. The fourth-order valence-electron chi connectivity index (χ4n) is 6.67. The van der Waals surface area contributed by atoms with Crippen molar-refractivity contribution in [1.82, 2.24) is 4.90 Å². The summed E-state index contributed by atoms with van der Waals surface area (Å²) < 4.78 is 11.8. The summed E-state index contributed by atoms with van der Waals surface area (Å²) in [7, 11) is 3.91. The predicted molar refractivity (Wildman–Crippen MR) is 138 cm³/mol. The number of nitrogens with zero attached hydrogens (tertiary/aromatic N) is 1. The van der Waals surface area contributed by atoms with Gasteiger partial charge in [0.1, 0.15) is 12.2 Å². The first kappa shape index (κ1) is 25.1. The van der Waals surface area contributed by atoms with Gasteiger partial charge in [-0.3, -0.25) is 4.79 Å². The van der Waals surface area contributed by atoms with Gasteiger partial charge in [0.25, 0.3) is 0 Å². The van der Waals surface area contributed by atoms with E-state index in [2.05, 4.69) is 24.1 Å². The topological polar surface area (TPSA) is 105 Å². The van der Waals surface area contributed by atoms with Crippen LogP contribution in [0.5, 0.6) is 11.5 Å². The minimum atomic E-state index is -0.838. The highest BCUT2D eigenvalue weighted by Gasteiger charge is 2.64. The van der Waals surface area contributed by atoms with Crippen LogP contribution in [0.25, 0.3) is 0 Å². The SMILES string of the molecule is COc1ccc2c3c1O[C@H]1[C@@H](O)C=C[C@H]4[C@@H](C2)N(C)CC[C@@]341.NCC(CC(=O)O)c1ccc(Cl)cc1. The molecule has 1 fully saturated rings. The van der Waals surface area contributed by atoms with Crippen molar-refractivity contribution in [3.05, 3.63) is 70.3 Å². The van der Waals surface area contributed by atoms with E-state index in [-0.39, 0.29) is 23.9 Å². The summed E-state index contributed by atoms with van der Waals surface area (Å²) >= 11 is 5.72. The normalized spacial score (nSPS) is 29.9. The summed E-state index contributed by atoms with van der Waals surface area (Å²) in [5.41, 5.74) is 9.01. The molecule has 4 aliphatic rings. The van der Waals surface area contributed by atoms with Gasteiger partial charge in [0.2, 0.25) is 0 Å². The van der Waals surface area contributed by atoms with Gasteiger partial charge in [-0.15, -0.1) is 0 Å². The molecule has 7 nitrogen and oxygen atoms in total. The average Bonchev–Trinajstić information content (AvgIpc) is 3.22.